The zero-order valence-corrected chi connectivity index (χ0v) is 17.9. The Kier molecular flexibility index (Phi) is 7.60. The van der Waals surface area contributed by atoms with E-state index in [0.717, 1.165) is 10.2 Å². The molecule has 146 valence electrons. The molecule has 1 amide bonds. The van der Waals surface area contributed by atoms with Crippen LogP contribution >= 0.6 is 15.9 Å². The molecule has 0 radical (unpaired) electrons. The summed E-state index contributed by atoms with van der Waals surface area (Å²) in [4.78, 5) is 14.5. The molecule has 0 unspecified atom stereocenters. The van der Waals surface area contributed by atoms with Gasteiger partial charge in [0.25, 0.3) is 10.2 Å². The number of hydrogen-bond donors (Lipinski definition) is 1. The molecule has 1 atom stereocenters. The highest BCUT2D eigenvalue weighted by atomic mass is 79.9. The van der Waals surface area contributed by atoms with Crippen molar-refractivity contribution in [3.63, 3.8) is 0 Å². The maximum atomic E-state index is 12.6. The fourth-order valence-corrected chi connectivity index (χ4v) is 4.85. The summed E-state index contributed by atoms with van der Waals surface area (Å²) in [6, 6.07) is 7.10. The number of carbonyl (C=O) groups excluding carboxylic acids is 1. The Morgan fingerprint density at radius 3 is 2.19 bits per heavy atom. The van der Waals surface area contributed by atoms with E-state index in [4.69, 9.17) is 0 Å². The quantitative estimate of drug-likeness (QED) is 0.694. The van der Waals surface area contributed by atoms with Gasteiger partial charge in [-0.1, -0.05) is 29.8 Å². The molecule has 1 aliphatic heterocycles. The van der Waals surface area contributed by atoms with Crippen LogP contribution in [0, 0.1) is 0 Å². The molecule has 0 bridgehead atoms. The van der Waals surface area contributed by atoms with Crippen molar-refractivity contribution in [2.45, 2.75) is 26.8 Å². The molecule has 1 aliphatic rings. The molecule has 26 heavy (non-hydrogen) atoms. The van der Waals surface area contributed by atoms with Gasteiger partial charge < -0.3 is 5.32 Å². The van der Waals surface area contributed by atoms with Gasteiger partial charge in [-0.3, -0.25) is 9.69 Å². The van der Waals surface area contributed by atoms with Crippen molar-refractivity contribution in [1.29, 1.82) is 0 Å². The number of hydrogen-bond acceptors (Lipinski definition) is 4. The molecule has 0 saturated carbocycles. The van der Waals surface area contributed by atoms with Crippen LogP contribution in [0.4, 0.5) is 5.69 Å². The van der Waals surface area contributed by atoms with Crippen LogP contribution in [0.3, 0.4) is 0 Å². The van der Waals surface area contributed by atoms with E-state index >= 15 is 0 Å². The molecule has 0 aromatic heterocycles. The fraction of sp³-hybridized carbons (Fsp3) is 0.588. The molecule has 1 saturated heterocycles. The molecule has 2 rings (SSSR count). The summed E-state index contributed by atoms with van der Waals surface area (Å²) in [6.07, 6.45) is 0. The number of amides is 1. The van der Waals surface area contributed by atoms with Crippen LogP contribution < -0.4 is 5.32 Å². The van der Waals surface area contributed by atoms with E-state index < -0.39 is 10.2 Å². The predicted molar refractivity (Wildman–Crippen MR) is 107 cm³/mol. The molecule has 0 spiro atoms. The Labute approximate surface area is 164 Å². The van der Waals surface area contributed by atoms with Crippen LogP contribution in [0.25, 0.3) is 0 Å². The first-order valence-corrected chi connectivity index (χ1v) is 11.0. The van der Waals surface area contributed by atoms with E-state index in [-0.39, 0.29) is 11.9 Å². The third kappa shape index (κ3) is 5.04. The van der Waals surface area contributed by atoms with Crippen molar-refractivity contribution in [2.75, 3.05) is 44.6 Å². The van der Waals surface area contributed by atoms with Crippen molar-refractivity contribution >= 4 is 37.7 Å². The first-order valence-electron chi connectivity index (χ1n) is 8.85. The number of nitrogens with zero attached hydrogens (tertiary/aromatic N) is 3. The lowest BCUT2D eigenvalue weighted by molar-refractivity contribution is -0.121. The zero-order chi connectivity index (χ0) is 19.3. The van der Waals surface area contributed by atoms with Gasteiger partial charge in [0.2, 0.25) is 5.91 Å². The van der Waals surface area contributed by atoms with Gasteiger partial charge >= 0.3 is 0 Å². The van der Waals surface area contributed by atoms with Crippen LogP contribution in [-0.2, 0) is 15.0 Å². The summed E-state index contributed by atoms with van der Waals surface area (Å²) in [5.74, 6) is -0.0904. The molecular weight excluding hydrogens is 420 g/mol. The number of anilines is 1. The molecule has 0 aliphatic carbocycles. The third-order valence-corrected chi connectivity index (χ3v) is 7.39. The first kappa shape index (κ1) is 21.3. The Morgan fingerprint density at radius 1 is 1.15 bits per heavy atom. The maximum Gasteiger partial charge on any atom is 0.282 e. The molecule has 1 aromatic carbocycles. The Hall–Kier alpha value is -1.000. The van der Waals surface area contributed by atoms with Crippen LogP contribution in [0.5, 0.6) is 0 Å². The molecule has 9 heteroatoms. The highest BCUT2D eigenvalue weighted by molar-refractivity contribution is 9.10. The molecule has 1 N–H and O–H groups in total. The van der Waals surface area contributed by atoms with Gasteiger partial charge in [-0.05, 0) is 31.2 Å². The van der Waals surface area contributed by atoms with Gasteiger partial charge in [-0.15, -0.1) is 0 Å². The average Bonchev–Trinajstić information content (AvgIpc) is 2.64. The molecule has 7 nitrogen and oxygen atoms in total. The predicted octanol–water partition coefficient (Wildman–Crippen LogP) is 1.98. The van der Waals surface area contributed by atoms with E-state index in [1.54, 1.807) is 0 Å². The SMILES string of the molecule is CCN(CC)S(=O)(=O)N1CCN([C@@H](C)C(=O)Nc2ccc(Br)cc2)CC1. The summed E-state index contributed by atoms with van der Waals surface area (Å²) in [5.41, 5.74) is 0.743. The Balaban J connectivity index is 1.92. The van der Waals surface area contributed by atoms with Crippen molar-refractivity contribution < 1.29 is 13.2 Å². The summed E-state index contributed by atoms with van der Waals surface area (Å²) in [6.45, 7) is 8.32. The number of rotatable bonds is 7. The van der Waals surface area contributed by atoms with Crippen LogP contribution in [0.15, 0.2) is 28.7 Å². The van der Waals surface area contributed by atoms with Gasteiger partial charge in [0.15, 0.2) is 0 Å². The van der Waals surface area contributed by atoms with E-state index in [2.05, 4.69) is 21.2 Å². The lowest BCUT2D eigenvalue weighted by atomic mass is 10.2. The minimum absolute atomic E-state index is 0.0904. The number of halogens is 1. The molecular formula is C17H27BrN4O3S. The smallest absolute Gasteiger partial charge is 0.282 e. The lowest BCUT2D eigenvalue weighted by Crippen LogP contribution is -2.56. The number of carbonyl (C=O) groups is 1. The van der Waals surface area contributed by atoms with Gasteiger partial charge in [-0.2, -0.15) is 17.0 Å². The largest absolute Gasteiger partial charge is 0.325 e. The summed E-state index contributed by atoms with van der Waals surface area (Å²) < 4.78 is 29.1. The molecule has 1 fully saturated rings. The van der Waals surface area contributed by atoms with Gasteiger partial charge in [0.05, 0.1) is 6.04 Å². The van der Waals surface area contributed by atoms with E-state index in [1.165, 1.54) is 8.61 Å². The Bertz CT molecular complexity index is 699. The number of benzene rings is 1. The van der Waals surface area contributed by atoms with Crippen LogP contribution in [0.2, 0.25) is 0 Å². The van der Waals surface area contributed by atoms with E-state index in [0.29, 0.717) is 39.3 Å². The maximum absolute atomic E-state index is 12.6. The minimum atomic E-state index is -3.41. The van der Waals surface area contributed by atoms with Crippen LogP contribution in [0.1, 0.15) is 20.8 Å². The van der Waals surface area contributed by atoms with Gasteiger partial charge in [0.1, 0.15) is 0 Å². The summed E-state index contributed by atoms with van der Waals surface area (Å²) >= 11 is 3.37. The molecule has 1 aromatic rings. The third-order valence-electron chi connectivity index (χ3n) is 4.67. The zero-order valence-electron chi connectivity index (χ0n) is 15.5. The lowest BCUT2D eigenvalue weighted by Gasteiger charge is -2.38. The number of nitrogens with one attached hydrogen (secondary N) is 1. The molecule has 1 heterocycles. The van der Waals surface area contributed by atoms with E-state index in [9.17, 15) is 13.2 Å². The van der Waals surface area contributed by atoms with Crippen molar-refractivity contribution in [3.8, 4) is 0 Å². The normalized spacial score (nSPS) is 18.0. The van der Waals surface area contributed by atoms with E-state index in [1.807, 2.05) is 49.9 Å². The standard InChI is InChI=1S/C17H27BrN4O3S/c1-4-21(5-2)26(24,25)22-12-10-20(11-13-22)14(3)17(23)19-16-8-6-15(18)7-9-16/h6-9,14H,4-5,10-13H2,1-3H3,(H,19,23)/t14-/m0/s1. The highest BCUT2D eigenvalue weighted by Gasteiger charge is 2.33. The fourth-order valence-electron chi connectivity index (χ4n) is 2.98. The second kappa shape index (κ2) is 9.27. The Morgan fingerprint density at radius 2 is 1.69 bits per heavy atom. The average molecular weight is 447 g/mol. The van der Waals surface area contributed by atoms with Gasteiger partial charge in [0, 0.05) is 49.4 Å². The van der Waals surface area contributed by atoms with Crippen LogP contribution in [-0.4, -0.2) is 73.1 Å². The summed E-state index contributed by atoms with van der Waals surface area (Å²) in [5, 5.41) is 2.90. The summed E-state index contributed by atoms with van der Waals surface area (Å²) in [7, 11) is -3.41. The number of piperazine rings is 1. The van der Waals surface area contributed by atoms with Crippen molar-refractivity contribution in [1.82, 2.24) is 13.5 Å². The monoisotopic (exact) mass is 446 g/mol. The van der Waals surface area contributed by atoms with Crippen molar-refractivity contribution in [3.05, 3.63) is 28.7 Å². The second-order valence-corrected chi connectivity index (χ2v) is 9.04. The highest BCUT2D eigenvalue weighted by Crippen LogP contribution is 2.17. The second-order valence-electron chi connectivity index (χ2n) is 6.20. The topological polar surface area (TPSA) is 73.0 Å². The van der Waals surface area contributed by atoms with Gasteiger partial charge in [-0.25, -0.2) is 0 Å². The van der Waals surface area contributed by atoms with Crippen molar-refractivity contribution in [2.24, 2.45) is 0 Å². The first-order chi connectivity index (χ1) is 12.3. The minimum Gasteiger partial charge on any atom is -0.325 e.